The molecule has 1 fully saturated rings. The quantitative estimate of drug-likeness (QED) is 0.851. The molecule has 2 aromatic heterocycles. The molecule has 0 radical (unpaired) electrons. The highest BCUT2D eigenvalue weighted by Crippen LogP contribution is 2.24. The molecule has 0 N–H and O–H groups in total. The van der Waals surface area contributed by atoms with Crippen LogP contribution < -0.4 is 9.64 Å². The molecule has 1 saturated heterocycles. The smallest absolute Gasteiger partial charge is 0.373 e. The number of ether oxygens (including phenoxy) is 1. The lowest BCUT2D eigenvalue weighted by Gasteiger charge is -2.31. The summed E-state index contributed by atoms with van der Waals surface area (Å²) in [6.45, 7) is 3.98. The van der Waals surface area contributed by atoms with Crippen LogP contribution in [0.3, 0.4) is 0 Å². The monoisotopic (exact) mass is 320 g/mol. The van der Waals surface area contributed by atoms with Gasteiger partial charge in [-0.3, -0.25) is 0 Å². The predicted molar refractivity (Wildman–Crippen MR) is 79.8 cm³/mol. The van der Waals surface area contributed by atoms with Crippen LogP contribution in [0, 0.1) is 6.92 Å². The molecule has 0 aliphatic carbocycles. The Morgan fingerprint density at radius 3 is 2.45 bits per heavy atom. The molecule has 0 amide bonds. The first-order valence-corrected chi connectivity index (χ1v) is 7.71. The molecular weight excluding hydrogens is 304 g/mol. The maximum atomic E-state index is 8.12. The highest BCUT2D eigenvalue weighted by molar-refractivity contribution is 7.13. The van der Waals surface area contributed by atoms with Gasteiger partial charge in [-0.15, -0.1) is 11.3 Å². The van der Waals surface area contributed by atoms with E-state index < -0.39 is 0 Å². The maximum absolute atomic E-state index is 8.12. The molecule has 1 aliphatic rings. The lowest BCUT2D eigenvalue weighted by molar-refractivity contribution is -0.191. The van der Waals surface area contributed by atoms with Crippen molar-refractivity contribution in [3.8, 4) is 6.01 Å². The summed E-state index contributed by atoms with van der Waals surface area (Å²) in [7, 11) is 0. The number of piperidine rings is 1. The fraction of sp³-hybridized carbons (Fsp3) is 0.429. The normalized spacial score (nSPS) is 14.7. The van der Waals surface area contributed by atoms with Crippen molar-refractivity contribution in [3.05, 3.63) is 29.5 Å². The Morgan fingerprint density at radius 1 is 1.27 bits per heavy atom. The van der Waals surface area contributed by atoms with Crippen LogP contribution >= 0.6 is 11.3 Å². The Bertz CT molecular complexity index is 606. The van der Waals surface area contributed by atoms with E-state index in [0.29, 0.717) is 6.01 Å². The molecule has 0 aromatic carbocycles. The highest BCUT2D eigenvalue weighted by atomic mass is 32.1. The van der Waals surface area contributed by atoms with Crippen molar-refractivity contribution >= 4 is 22.6 Å². The Hall–Kier alpha value is -2.31. The fourth-order valence-corrected chi connectivity index (χ4v) is 3.00. The molecule has 0 atom stereocenters. The molecule has 1 aliphatic heterocycles. The summed E-state index contributed by atoms with van der Waals surface area (Å²) in [6, 6.07) is 2.27. The predicted octanol–water partition coefficient (Wildman–Crippen LogP) is 1.71. The molecule has 0 bridgehead atoms. The van der Waals surface area contributed by atoms with Gasteiger partial charge in [-0.2, -0.15) is 9.59 Å². The zero-order valence-corrected chi connectivity index (χ0v) is 13.0. The van der Waals surface area contributed by atoms with Gasteiger partial charge in [0.05, 0.1) is 5.69 Å². The Labute approximate surface area is 132 Å². The molecule has 116 valence electrons. The fourth-order valence-electron chi connectivity index (χ4n) is 2.15. The van der Waals surface area contributed by atoms with Crippen molar-refractivity contribution in [2.45, 2.75) is 25.9 Å². The topological polar surface area (TPSA) is 85.3 Å². The van der Waals surface area contributed by atoms with Gasteiger partial charge >= 0.3 is 12.2 Å². The van der Waals surface area contributed by atoms with Gasteiger partial charge in [-0.05, 0) is 13.0 Å². The van der Waals surface area contributed by atoms with Crippen molar-refractivity contribution in [2.24, 2.45) is 0 Å². The van der Waals surface area contributed by atoms with Crippen LogP contribution in [0.2, 0.25) is 0 Å². The van der Waals surface area contributed by atoms with Gasteiger partial charge < -0.3 is 9.64 Å². The minimum atomic E-state index is 0.208. The number of hydrogen-bond acceptors (Lipinski definition) is 8. The summed E-state index contributed by atoms with van der Waals surface area (Å²) in [5.74, 6) is 0. The van der Waals surface area contributed by atoms with Crippen LogP contribution in [0.1, 0.15) is 18.5 Å². The van der Waals surface area contributed by atoms with Crippen LogP contribution in [0.25, 0.3) is 0 Å². The first-order chi connectivity index (χ1) is 10.7. The second-order valence-electron chi connectivity index (χ2n) is 4.69. The number of aromatic nitrogens is 3. The molecule has 0 saturated carbocycles. The van der Waals surface area contributed by atoms with Gasteiger partial charge in [0.1, 0.15) is 6.10 Å². The molecule has 8 heteroatoms. The van der Waals surface area contributed by atoms with Crippen LogP contribution in [-0.4, -0.2) is 40.3 Å². The third-order valence-electron chi connectivity index (χ3n) is 3.13. The lowest BCUT2D eigenvalue weighted by atomic mass is 10.1. The molecule has 2 aromatic rings. The van der Waals surface area contributed by atoms with Crippen molar-refractivity contribution < 1.29 is 14.3 Å². The first-order valence-electron chi connectivity index (χ1n) is 6.83. The summed E-state index contributed by atoms with van der Waals surface area (Å²) < 4.78 is 5.78. The highest BCUT2D eigenvalue weighted by Gasteiger charge is 2.22. The average molecular weight is 320 g/mol. The number of aryl methyl sites for hydroxylation is 1. The maximum Gasteiger partial charge on any atom is 0.373 e. The molecule has 7 nitrogen and oxygen atoms in total. The van der Waals surface area contributed by atoms with Gasteiger partial charge in [0.25, 0.3) is 0 Å². The third-order valence-corrected chi connectivity index (χ3v) is 4.15. The van der Waals surface area contributed by atoms with Gasteiger partial charge in [-0.25, -0.2) is 15.0 Å². The van der Waals surface area contributed by atoms with E-state index in [0.717, 1.165) is 36.8 Å². The zero-order chi connectivity index (χ0) is 15.8. The van der Waals surface area contributed by atoms with E-state index in [1.165, 1.54) is 0 Å². The molecule has 3 rings (SSSR count). The third kappa shape index (κ3) is 4.61. The molecule has 3 heterocycles. The van der Waals surface area contributed by atoms with E-state index in [9.17, 15) is 0 Å². The first kappa shape index (κ1) is 16.1. The SMILES string of the molecule is Cc1csc(N2CCC(Oc3ncccn3)CC2)n1.O=C=O. The van der Waals surface area contributed by atoms with E-state index >= 15 is 0 Å². The van der Waals surface area contributed by atoms with Gasteiger partial charge in [0, 0.05) is 43.7 Å². The van der Waals surface area contributed by atoms with E-state index in [4.69, 9.17) is 14.3 Å². The van der Waals surface area contributed by atoms with Crippen LogP contribution in [0.5, 0.6) is 6.01 Å². The number of anilines is 1. The molecule has 0 spiro atoms. The van der Waals surface area contributed by atoms with E-state index in [2.05, 4.69) is 25.2 Å². The van der Waals surface area contributed by atoms with Gasteiger partial charge in [0.15, 0.2) is 5.13 Å². The number of carbonyl (C=O) groups excluding carboxylic acids is 2. The number of hydrogen-bond donors (Lipinski definition) is 0. The summed E-state index contributed by atoms with van der Waals surface area (Å²) in [5, 5.41) is 3.21. The van der Waals surface area contributed by atoms with Crippen LogP contribution in [0.15, 0.2) is 23.8 Å². The number of nitrogens with zero attached hydrogens (tertiary/aromatic N) is 4. The second-order valence-corrected chi connectivity index (χ2v) is 5.53. The lowest BCUT2D eigenvalue weighted by Crippen LogP contribution is -2.38. The second kappa shape index (κ2) is 8.21. The van der Waals surface area contributed by atoms with Crippen molar-refractivity contribution in [2.75, 3.05) is 18.0 Å². The van der Waals surface area contributed by atoms with E-state index in [-0.39, 0.29) is 12.3 Å². The minimum absolute atomic E-state index is 0.208. The van der Waals surface area contributed by atoms with Crippen molar-refractivity contribution in [1.82, 2.24) is 15.0 Å². The zero-order valence-electron chi connectivity index (χ0n) is 12.1. The summed E-state index contributed by atoms with van der Waals surface area (Å²) in [6.07, 6.45) is 5.83. The van der Waals surface area contributed by atoms with Gasteiger partial charge in [0.2, 0.25) is 0 Å². The largest absolute Gasteiger partial charge is 0.460 e. The van der Waals surface area contributed by atoms with E-state index in [1.54, 1.807) is 29.8 Å². The minimum Gasteiger partial charge on any atom is -0.460 e. The number of thiazole rings is 1. The Morgan fingerprint density at radius 2 is 1.91 bits per heavy atom. The van der Waals surface area contributed by atoms with E-state index in [1.807, 2.05) is 6.92 Å². The Balaban J connectivity index is 0.000000545. The molecular formula is C14H16N4O3S. The van der Waals surface area contributed by atoms with Crippen molar-refractivity contribution in [1.29, 1.82) is 0 Å². The summed E-state index contributed by atoms with van der Waals surface area (Å²) >= 11 is 1.71. The average Bonchev–Trinajstić information content (AvgIpc) is 2.96. The standard InChI is InChI=1S/C13H16N4OS.CO2/c1-10-9-19-13(16-10)17-7-3-11(4-8-17)18-12-14-5-2-6-15-12;2-1-3/h2,5-6,9,11H,3-4,7-8H2,1H3;. The van der Waals surface area contributed by atoms with Gasteiger partial charge in [-0.1, -0.05) is 0 Å². The van der Waals surface area contributed by atoms with Crippen molar-refractivity contribution in [3.63, 3.8) is 0 Å². The van der Waals surface area contributed by atoms with Crippen LogP contribution in [0.4, 0.5) is 5.13 Å². The molecule has 0 unspecified atom stereocenters. The molecule has 22 heavy (non-hydrogen) atoms. The Kier molecular flexibility index (Phi) is 6.00. The number of rotatable bonds is 3. The summed E-state index contributed by atoms with van der Waals surface area (Å²) in [5.41, 5.74) is 1.09. The summed E-state index contributed by atoms with van der Waals surface area (Å²) in [4.78, 5) is 31.3. The van der Waals surface area contributed by atoms with Crippen LogP contribution in [-0.2, 0) is 9.59 Å².